The quantitative estimate of drug-likeness (QED) is 0.0208. The number of aliphatic imine (C=N–C) groups is 1. The minimum Gasteiger partial charge on any atom is -0.444 e. The number of hydrogen-bond donors (Lipinski definition) is 3. The van der Waals surface area contributed by atoms with Gasteiger partial charge in [0.25, 0.3) is 0 Å². The van der Waals surface area contributed by atoms with E-state index >= 15 is 0 Å². The topological polar surface area (TPSA) is 181 Å². The van der Waals surface area contributed by atoms with Crippen molar-refractivity contribution in [1.82, 2.24) is 10.3 Å². The van der Waals surface area contributed by atoms with Crippen molar-refractivity contribution in [2.24, 2.45) is 4.99 Å². The van der Waals surface area contributed by atoms with Crippen LogP contribution in [0.5, 0.6) is 0 Å². The van der Waals surface area contributed by atoms with Crippen LogP contribution in [0.25, 0.3) is 27.8 Å². The van der Waals surface area contributed by atoms with Crippen molar-refractivity contribution in [3.63, 3.8) is 0 Å². The number of anilines is 3. The minimum atomic E-state index is -0.702. The first-order chi connectivity index (χ1) is 43.4. The van der Waals surface area contributed by atoms with E-state index in [0.29, 0.717) is 30.9 Å². The third kappa shape index (κ3) is 23.2. The molecular formula is C76H108N8O8+2. The molecule has 1 aliphatic rings. The highest BCUT2D eigenvalue weighted by atomic mass is 16.6. The first kappa shape index (κ1) is 74.6. The molecule has 16 heteroatoms. The standard InChI is InChI=1S/C72H94N8O8.2C2H6/c1-48-41-53(37-38-55(48)76-65(81)85-69(5,6)7)74-57-43-50(3)61(46-58(57)73-52-33-27-25-28-34-52)78(67(83)87-71(11,12)13)39-31-23-21-19-17-18-20-22-24-32-40-79(68(84)88-72(14,15)16)62-47-64-60(44-51(62)4)75-59-42-49(2)56(77-66(82)86-70(8,9)10)45-63(59)80(64)54-35-29-26-30-36-54;2*1-2/h25-30,33-36,38,41-47,73H,17-24,31-32,37,39-40H2,1-16H3,(H,76,81);2*1-2H3/p+2. The number of fused-ring (bicyclic) bond motifs is 2. The number of alkyl carbamates (subject to hydrolysis) is 1. The fourth-order valence-electron chi connectivity index (χ4n) is 10.5. The molecule has 7 rings (SSSR count). The van der Waals surface area contributed by atoms with E-state index in [-0.39, 0.29) is 6.09 Å². The third-order valence-electron chi connectivity index (χ3n) is 14.5. The van der Waals surface area contributed by atoms with Crippen molar-refractivity contribution in [2.45, 2.75) is 232 Å². The van der Waals surface area contributed by atoms with Gasteiger partial charge in [-0.3, -0.25) is 25.8 Å². The van der Waals surface area contributed by atoms with Gasteiger partial charge >= 0.3 is 24.4 Å². The molecule has 1 aromatic heterocycles. The van der Waals surface area contributed by atoms with Crippen molar-refractivity contribution in [2.75, 3.05) is 28.2 Å². The summed E-state index contributed by atoms with van der Waals surface area (Å²) in [4.78, 5) is 67.8. The Morgan fingerprint density at radius 1 is 0.533 bits per heavy atom. The fourth-order valence-corrected chi connectivity index (χ4v) is 10.5. The molecule has 5 aromatic carbocycles. The number of amides is 4. The number of allylic oxidation sites excluding steroid dienone is 3. The number of rotatable bonds is 21. The van der Waals surface area contributed by atoms with Crippen molar-refractivity contribution in [3.8, 4) is 5.69 Å². The molecule has 4 N–H and O–H groups in total. The predicted molar refractivity (Wildman–Crippen MR) is 378 cm³/mol. The van der Waals surface area contributed by atoms with Crippen molar-refractivity contribution in [3.05, 3.63) is 137 Å². The fraction of sp³-hybridized carbons (Fsp3) is 0.487. The van der Waals surface area contributed by atoms with E-state index in [2.05, 4.69) is 38.7 Å². The Hall–Kier alpha value is -8.11. The van der Waals surface area contributed by atoms with Crippen LogP contribution in [0.1, 0.15) is 205 Å². The number of aromatic nitrogens is 2. The monoisotopic (exact) mass is 1260 g/mol. The predicted octanol–water partition coefficient (Wildman–Crippen LogP) is 19.4. The molecule has 0 spiro atoms. The van der Waals surface area contributed by atoms with E-state index < -0.39 is 40.7 Å². The maximum atomic E-state index is 14.2. The van der Waals surface area contributed by atoms with Crippen LogP contribution in [0.2, 0.25) is 0 Å². The van der Waals surface area contributed by atoms with E-state index in [9.17, 15) is 19.2 Å². The number of nitrogens with zero attached hydrogens (tertiary/aromatic N) is 5. The molecule has 0 unspecified atom stereocenters. The lowest BCUT2D eigenvalue weighted by molar-refractivity contribution is -0.538. The van der Waals surface area contributed by atoms with Crippen LogP contribution in [-0.4, -0.2) is 70.6 Å². The average Bonchev–Trinajstić information content (AvgIpc) is 0.747. The number of nitrogens with one attached hydrogen (secondary N) is 2. The van der Waals surface area contributed by atoms with Crippen molar-refractivity contribution < 1.29 is 48.0 Å². The second-order valence-electron chi connectivity index (χ2n) is 27.1. The molecule has 92 heavy (non-hydrogen) atoms. The number of nitrogens with two attached hydrogens (primary N) is 1. The summed E-state index contributed by atoms with van der Waals surface area (Å²) in [6, 6.07) is 32.2. The summed E-state index contributed by atoms with van der Waals surface area (Å²) in [6.45, 7) is 39.3. The molecule has 1 heterocycles. The van der Waals surface area contributed by atoms with Crippen molar-refractivity contribution >= 4 is 86.3 Å². The summed E-state index contributed by atoms with van der Waals surface area (Å²) in [5, 5.41) is 7.94. The molecule has 0 atom stereocenters. The van der Waals surface area contributed by atoms with E-state index in [4.69, 9.17) is 28.9 Å². The Kier molecular flexibility index (Phi) is 27.6. The zero-order valence-corrected chi connectivity index (χ0v) is 59.2. The summed E-state index contributed by atoms with van der Waals surface area (Å²) in [7, 11) is 0. The molecule has 0 saturated carbocycles. The largest absolute Gasteiger partial charge is 0.444 e. The minimum absolute atomic E-state index is 0.383. The van der Waals surface area contributed by atoms with Gasteiger partial charge in [-0.05, 0) is 182 Å². The van der Waals surface area contributed by atoms with Crippen LogP contribution >= 0.6 is 0 Å². The zero-order chi connectivity index (χ0) is 68.1. The number of ether oxygens (including phenoxy) is 4. The van der Waals surface area contributed by atoms with Gasteiger partial charge in [-0.2, -0.15) is 0 Å². The molecule has 498 valence electrons. The van der Waals surface area contributed by atoms with Gasteiger partial charge in [0.1, 0.15) is 44.8 Å². The summed E-state index contributed by atoms with van der Waals surface area (Å²) in [5.74, 6) is 0. The highest BCUT2D eigenvalue weighted by Gasteiger charge is 2.31. The Balaban J connectivity index is 0.00000376. The molecule has 6 aromatic rings. The number of hydrogen-bond acceptors (Lipinski definition) is 10. The number of aryl methyl sites for hydroxylation is 3. The van der Waals surface area contributed by atoms with Gasteiger partial charge in [-0.15, -0.1) is 4.57 Å². The molecule has 0 bridgehead atoms. The summed E-state index contributed by atoms with van der Waals surface area (Å²) in [6.07, 6.45) is 12.7. The van der Waals surface area contributed by atoms with Gasteiger partial charge < -0.3 is 18.9 Å². The third-order valence-corrected chi connectivity index (χ3v) is 14.5. The van der Waals surface area contributed by atoms with Crippen LogP contribution in [0.3, 0.4) is 0 Å². The van der Waals surface area contributed by atoms with E-state index in [0.717, 1.165) is 148 Å². The van der Waals surface area contributed by atoms with Gasteiger partial charge in [0.2, 0.25) is 16.7 Å². The van der Waals surface area contributed by atoms with Crippen LogP contribution in [0, 0.1) is 20.8 Å². The first-order valence-corrected chi connectivity index (χ1v) is 33.3. The van der Waals surface area contributed by atoms with Gasteiger partial charge in [-0.1, -0.05) is 122 Å². The normalized spacial score (nSPS) is 13.0. The van der Waals surface area contributed by atoms with Gasteiger partial charge in [0.15, 0.2) is 5.69 Å². The summed E-state index contributed by atoms with van der Waals surface area (Å²) < 4.78 is 25.4. The molecule has 16 nitrogen and oxygen atoms in total. The number of para-hydroxylation sites is 2. The maximum Gasteiger partial charge on any atom is 0.414 e. The van der Waals surface area contributed by atoms with Crippen LogP contribution < -0.4 is 30.3 Å². The highest BCUT2D eigenvalue weighted by Crippen LogP contribution is 2.35. The Morgan fingerprint density at radius 2 is 0.967 bits per heavy atom. The molecule has 0 aliphatic heterocycles. The number of unbranched alkanes of at least 4 members (excludes halogenated alkanes) is 9. The van der Waals surface area contributed by atoms with Crippen LogP contribution in [-0.2, 0) is 18.9 Å². The average molecular weight is 1260 g/mol. The smallest absolute Gasteiger partial charge is 0.414 e. The molecule has 0 saturated heterocycles. The Bertz CT molecular complexity index is 3550. The van der Waals surface area contributed by atoms with Gasteiger partial charge in [0.05, 0.1) is 17.1 Å². The second-order valence-corrected chi connectivity index (χ2v) is 27.1. The SMILES string of the molecule is CC.CC.CC1=CC(=Nc2cc(C)c(N(CCCCCCCCCCCCN(C(=O)OC(C)(C)C)c3cc4c(cc3C)nc3cc(C)c(NC(=O)OC(C)(C)C)cc3[n+]4-c3ccccc3)C(=O)OC(C)(C)C)cc2[NH2+]c2ccccc2)CC=C1NC(=O)OC(C)(C)C. The Labute approximate surface area is 549 Å². The lowest BCUT2D eigenvalue weighted by Gasteiger charge is -2.29. The first-order valence-electron chi connectivity index (χ1n) is 33.3. The maximum absolute atomic E-state index is 14.2. The zero-order valence-electron chi connectivity index (χ0n) is 59.2. The lowest BCUT2D eigenvalue weighted by Crippen LogP contribution is -2.71. The number of quaternary nitrogens is 1. The van der Waals surface area contributed by atoms with Crippen LogP contribution in [0.4, 0.5) is 53.3 Å². The van der Waals surface area contributed by atoms with Gasteiger partial charge in [-0.25, -0.2) is 29.2 Å². The van der Waals surface area contributed by atoms with Gasteiger partial charge in [0, 0.05) is 61.3 Å². The summed E-state index contributed by atoms with van der Waals surface area (Å²) in [5.41, 5.74) is 11.2. The lowest BCUT2D eigenvalue weighted by atomic mass is 10.0. The number of carbonyl (C=O) groups excluding carboxylic acids is 4. The molecule has 1 aliphatic carbocycles. The summed E-state index contributed by atoms with van der Waals surface area (Å²) >= 11 is 0. The molecular weight excluding hydrogens is 1150 g/mol. The van der Waals surface area contributed by atoms with E-state index in [1.807, 2.05) is 229 Å². The number of benzene rings is 5. The highest BCUT2D eigenvalue weighted by molar-refractivity contribution is 6.01. The van der Waals surface area contributed by atoms with E-state index in [1.54, 1.807) is 9.80 Å². The van der Waals surface area contributed by atoms with Crippen LogP contribution in [0.15, 0.2) is 125 Å². The molecule has 0 fully saturated rings. The molecule has 4 amide bonds. The Morgan fingerprint density at radius 3 is 1.46 bits per heavy atom. The van der Waals surface area contributed by atoms with E-state index in [1.165, 1.54) is 0 Å². The number of carbonyl (C=O) groups is 4. The molecule has 0 radical (unpaired) electrons. The second kappa shape index (κ2) is 34.0. The van der Waals surface area contributed by atoms with Crippen molar-refractivity contribution in [1.29, 1.82) is 0 Å².